The van der Waals surface area contributed by atoms with E-state index in [9.17, 15) is 30.7 Å². The molecule has 1 rings (SSSR count). The Morgan fingerprint density at radius 2 is 1.62 bits per heavy atom. The third-order valence-electron chi connectivity index (χ3n) is 2.55. The molecule has 0 saturated carbocycles. The molecule has 0 aliphatic carbocycles. The molecule has 0 radical (unpaired) electrons. The lowest BCUT2D eigenvalue weighted by atomic mass is 9.96. The van der Waals surface area contributed by atoms with E-state index in [1.165, 1.54) is 0 Å². The summed E-state index contributed by atoms with van der Waals surface area (Å²) in [6.07, 6.45) is -11.8. The number of alkyl halides is 6. The second kappa shape index (κ2) is 7.02. The summed E-state index contributed by atoms with van der Waals surface area (Å²) >= 11 is 5.35. The lowest BCUT2D eigenvalue weighted by Crippen LogP contribution is -2.21. The van der Waals surface area contributed by atoms with E-state index in [-0.39, 0.29) is 12.4 Å². The van der Waals surface area contributed by atoms with Crippen LogP contribution in [0.3, 0.4) is 0 Å². The van der Waals surface area contributed by atoms with Gasteiger partial charge in [-0.15, -0.1) is 12.4 Å². The molecule has 0 amide bonds. The minimum Gasteiger partial charge on any atom is -0.324 e. The Bertz CT molecular complexity index is 485. The number of halogens is 9. The lowest BCUT2D eigenvalue weighted by Gasteiger charge is -2.20. The molecule has 2 N–H and O–H groups in total. The van der Waals surface area contributed by atoms with Gasteiger partial charge in [0.2, 0.25) is 0 Å². The van der Waals surface area contributed by atoms with Crippen LogP contribution in [-0.2, 0) is 6.18 Å². The molecule has 1 nitrogen and oxygen atoms in total. The Labute approximate surface area is 126 Å². The summed E-state index contributed by atoms with van der Waals surface area (Å²) in [6.45, 7) is 0. The lowest BCUT2D eigenvalue weighted by molar-refractivity contribution is -0.139. The van der Waals surface area contributed by atoms with Crippen molar-refractivity contribution in [2.24, 2.45) is 5.73 Å². The number of rotatable bonds is 3. The number of hydrogen-bond donors (Lipinski definition) is 1. The summed E-state index contributed by atoms with van der Waals surface area (Å²) < 4.78 is 87.9. The van der Waals surface area contributed by atoms with Gasteiger partial charge in [0.25, 0.3) is 0 Å². The van der Waals surface area contributed by atoms with E-state index >= 15 is 0 Å². The third kappa shape index (κ3) is 5.52. The molecule has 21 heavy (non-hydrogen) atoms. The predicted molar refractivity (Wildman–Crippen MR) is 65.9 cm³/mol. The van der Waals surface area contributed by atoms with Crippen molar-refractivity contribution >= 4 is 24.0 Å². The van der Waals surface area contributed by atoms with Crippen molar-refractivity contribution in [1.82, 2.24) is 0 Å². The largest absolute Gasteiger partial charge is 0.416 e. The van der Waals surface area contributed by atoms with Gasteiger partial charge in [-0.05, 0) is 18.6 Å². The van der Waals surface area contributed by atoms with Crippen molar-refractivity contribution in [3.8, 4) is 0 Å². The summed E-state index contributed by atoms with van der Waals surface area (Å²) in [5.41, 5.74) is 2.80. The summed E-state index contributed by atoms with van der Waals surface area (Å²) in [5.74, 6) is -1.45. The Morgan fingerprint density at radius 3 is 2.05 bits per heavy atom. The van der Waals surface area contributed by atoms with E-state index in [0.717, 1.165) is 0 Å². The molecule has 0 bridgehead atoms. The first-order chi connectivity index (χ1) is 8.93. The van der Waals surface area contributed by atoms with Crippen molar-refractivity contribution in [3.05, 3.63) is 34.1 Å². The van der Waals surface area contributed by atoms with Crippen molar-refractivity contribution < 1.29 is 30.7 Å². The normalized spacial score (nSPS) is 13.8. The second-order valence-corrected chi connectivity index (χ2v) is 4.49. The maximum absolute atomic E-state index is 13.7. The van der Waals surface area contributed by atoms with Gasteiger partial charge in [-0.1, -0.05) is 11.6 Å². The molecule has 0 aliphatic rings. The molecule has 0 aliphatic heterocycles. The number of benzene rings is 1. The zero-order chi connectivity index (χ0) is 15.7. The van der Waals surface area contributed by atoms with Gasteiger partial charge < -0.3 is 5.73 Å². The first-order valence-corrected chi connectivity index (χ1v) is 5.68. The molecule has 1 atom stereocenters. The average Bonchev–Trinajstić information content (AvgIpc) is 2.27. The quantitative estimate of drug-likeness (QED) is 0.731. The SMILES string of the molecule is Cl.N[C@H](CCC(F)(F)F)c1c(C(F)(F)F)ccc(Cl)c1F. The van der Waals surface area contributed by atoms with Gasteiger partial charge in [0.15, 0.2) is 0 Å². The van der Waals surface area contributed by atoms with Gasteiger partial charge in [-0.2, -0.15) is 26.3 Å². The highest BCUT2D eigenvalue weighted by molar-refractivity contribution is 6.30. The smallest absolute Gasteiger partial charge is 0.324 e. The third-order valence-corrected chi connectivity index (χ3v) is 2.84. The standard InChI is InChI=1S/C11H9ClF7N.ClH/c12-6-2-1-5(11(17,18)19)8(9(6)13)7(20)3-4-10(14,15)16;/h1-2,7H,3-4,20H2;1H/t7-;/m1./s1. The highest BCUT2D eigenvalue weighted by Gasteiger charge is 2.38. The summed E-state index contributed by atoms with van der Waals surface area (Å²) in [4.78, 5) is 0. The summed E-state index contributed by atoms with van der Waals surface area (Å²) in [6, 6.07) is -0.583. The molecule has 0 fully saturated rings. The summed E-state index contributed by atoms with van der Waals surface area (Å²) in [7, 11) is 0. The van der Waals surface area contributed by atoms with E-state index < -0.39 is 53.2 Å². The number of nitrogens with two attached hydrogens (primary N) is 1. The topological polar surface area (TPSA) is 26.0 Å². The second-order valence-electron chi connectivity index (χ2n) is 4.08. The van der Waals surface area contributed by atoms with E-state index in [1.54, 1.807) is 0 Å². The minimum atomic E-state index is -4.93. The van der Waals surface area contributed by atoms with E-state index in [4.69, 9.17) is 17.3 Å². The molecule has 1 aromatic carbocycles. The summed E-state index contributed by atoms with van der Waals surface area (Å²) in [5, 5.41) is -0.629. The molecule has 0 aromatic heterocycles. The minimum absolute atomic E-state index is 0. The highest BCUT2D eigenvalue weighted by Crippen LogP contribution is 2.39. The van der Waals surface area contributed by atoms with E-state index in [0.29, 0.717) is 12.1 Å². The van der Waals surface area contributed by atoms with Crippen molar-refractivity contribution in [3.63, 3.8) is 0 Å². The van der Waals surface area contributed by atoms with Crippen LogP contribution in [0.15, 0.2) is 12.1 Å². The molecular formula is C11H10Cl2F7N. The van der Waals surface area contributed by atoms with Crippen molar-refractivity contribution in [2.75, 3.05) is 0 Å². The van der Waals surface area contributed by atoms with Gasteiger partial charge in [-0.25, -0.2) is 4.39 Å². The molecule has 0 unspecified atom stereocenters. The van der Waals surface area contributed by atoms with Crippen LogP contribution in [0.25, 0.3) is 0 Å². The maximum Gasteiger partial charge on any atom is 0.416 e. The van der Waals surface area contributed by atoms with Crippen LogP contribution in [0.4, 0.5) is 30.7 Å². The van der Waals surface area contributed by atoms with Crippen molar-refractivity contribution in [1.29, 1.82) is 0 Å². The zero-order valence-electron chi connectivity index (χ0n) is 10.2. The maximum atomic E-state index is 13.7. The van der Waals surface area contributed by atoms with Crippen LogP contribution >= 0.6 is 24.0 Å². The Kier molecular flexibility index (Phi) is 6.78. The molecule has 0 spiro atoms. The fraction of sp³-hybridized carbons (Fsp3) is 0.455. The van der Waals surface area contributed by atoms with E-state index in [1.807, 2.05) is 0 Å². The van der Waals surface area contributed by atoms with Crippen LogP contribution in [0, 0.1) is 5.82 Å². The van der Waals surface area contributed by atoms with Crippen LogP contribution in [0.5, 0.6) is 0 Å². The first kappa shape index (κ1) is 20.3. The highest BCUT2D eigenvalue weighted by atomic mass is 35.5. The number of hydrogen-bond acceptors (Lipinski definition) is 1. The predicted octanol–water partition coefficient (Wildman–Crippen LogP) is 5.26. The first-order valence-electron chi connectivity index (χ1n) is 5.31. The Hall–Kier alpha value is -0.730. The molecule has 122 valence electrons. The fourth-order valence-corrected chi connectivity index (χ4v) is 1.80. The molecular weight excluding hydrogens is 350 g/mol. The van der Waals surface area contributed by atoms with Crippen molar-refractivity contribution in [2.45, 2.75) is 31.2 Å². The van der Waals surface area contributed by atoms with Crippen LogP contribution in [0.1, 0.15) is 30.0 Å². The van der Waals surface area contributed by atoms with Crippen LogP contribution < -0.4 is 5.73 Å². The molecule has 1 aromatic rings. The van der Waals surface area contributed by atoms with Crippen LogP contribution in [-0.4, -0.2) is 6.18 Å². The van der Waals surface area contributed by atoms with Gasteiger partial charge in [-0.3, -0.25) is 0 Å². The zero-order valence-corrected chi connectivity index (χ0v) is 11.7. The molecule has 0 heterocycles. The van der Waals surface area contributed by atoms with Gasteiger partial charge in [0.1, 0.15) is 5.82 Å². The van der Waals surface area contributed by atoms with E-state index in [2.05, 4.69) is 0 Å². The molecule has 10 heteroatoms. The fourth-order valence-electron chi connectivity index (χ4n) is 1.64. The Balaban J connectivity index is 0.00000400. The van der Waals surface area contributed by atoms with Gasteiger partial charge in [0.05, 0.1) is 10.6 Å². The Morgan fingerprint density at radius 1 is 1.10 bits per heavy atom. The molecule has 0 saturated heterocycles. The monoisotopic (exact) mass is 359 g/mol. The average molecular weight is 360 g/mol. The van der Waals surface area contributed by atoms with Gasteiger partial charge >= 0.3 is 12.4 Å². The van der Waals surface area contributed by atoms with Gasteiger partial charge in [0, 0.05) is 18.0 Å². The van der Waals surface area contributed by atoms with Crippen LogP contribution in [0.2, 0.25) is 5.02 Å².